The third kappa shape index (κ3) is 2.05. The summed E-state index contributed by atoms with van der Waals surface area (Å²) < 4.78 is 18.9. The lowest BCUT2D eigenvalue weighted by atomic mass is 10.2. The molecule has 2 heterocycles. The number of aromatic amines is 1. The molecule has 0 unspecified atom stereocenters. The third-order valence-corrected chi connectivity index (χ3v) is 2.61. The van der Waals surface area contributed by atoms with Crippen LogP contribution in [0, 0.1) is 5.82 Å². The topological polar surface area (TPSA) is 127 Å². The molecule has 18 heavy (non-hydrogen) atoms. The molecule has 4 N–H and O–H groups in total. The molecule has 1 aromatic rings. The molecule has 9 heteroatoms. The molecule has 98 valence electrons. The number of halogens is 1. The molecule has 1 aliphatic rings. The van der Waals surface area contributed by atoms with Gasteiger partial charge in [-0.2, -0.15) is 4.39 Å². The van der Waals surface area contributed by atoms with Crippen LogP contribution < -0.4 is 17.0 Å². The number of rotatable bonds is 2. The van der Waals surface area contributed by atoms with Crippen LogP contribution in [0.3, 0.4) is 0 Å². The summed E-state index contributed by atoms with van der Waals surface area (Å²) in [4.78, 5) is 34.9. The Morgan fingerprint density at radius 2 is 2.28 bits per heavy atom. The smallest absolute Gasteiger partial charge is 0.330 e. The molecule has 0 saturated carbocycles. The van der Waals surface area contributed by atoms with E-state index in [2.05, 4.69) is 0 Å². The number of amides is 1. The van der Waals surface area contributed by atoms with E-state index in [1.54, 1.807) is 4.98 Å². The van der Waals surface area contributed by atoms with Gasteiger partial charge in [-0.05, 0) is 0 Å². The van der Waals surface area contributed by atoms with E-state index < -0.39 is 41.4 Å². The molecule has 1 aliphatic heterocycles. The number of primary amides is 1. The van der Waals surface area contributed by atoms with Crippen LogP contribution in [-0.4, -0.2) is 32.8 Å². The summed E-state index contributed by atoms with van der Waals surface area (Å²) in [7, 11) is 0. The molecule has 8 nitrogen and oxygen atoms in total. The van der Waals surface area contributed by atoms with Crippen molar-refractivity contribution in [3.05, 3.63) is 32.9 Å². The van der Waals surface area contributed by atoms with Gasteiger partial charge in [0.25, 0.3) is 5.56 Å². The number of carbonyl (C=O) groups excluding carboxylic acids is 1. The lowest BCUT2D eigenvalue weighted by molar-refractivity contribution is -0.134. The summed E-state index contributed by atoms with van der Waals surface area (Å²) in [5, 5.41) is 9.50. The molecule has 0 bridgehead atoms. The largest absolute Gasteiger partial charge is 0.390 e. The Labute approximate surface area is 98.8 Å². The van der Waals surface area contributed by atoms with Crippen molar-refractivity contribution in [2.75, 3.05) is 0 Å². The molecule has 3 atom stereocenters. The Hall–Kier alpha value is -2.00. The Kier molecular flexibility index (Phi) is 3.01. The van der Waals surface area contributed by atoms with Crippen molar-refractivity contribution in [3.8, 4) is 0 Å². The molecular weight excluding hydrogens is 249 g/mol. The summed E-state index contributed by atoms with van der Waals surface area (Å²) in [6.07, 6.45) is -2.97. The normalized spacial score (nSPS) is 27.3. The monoisotopic (exact) mass is 259 g/mol. The molecule has 0 aromatic carbocycles. The van der Waals surface area contributed by atoms with E-state index in [1.165, 1.54) is 0 Å². The first kappa shape index (κ1) is 12.5. The average molecular weight is 259 g/mol. The van der Waals surface area contributed by atoms with Crippen LogP contribution in [0.25, 0.3) is 0 Å². The number of hydrogen-bond donors (Lipinski definition) is 3. The molecule has 0 aliphatic carbocycles. The second-order valence-corrected chi connectivity index (χ2v) is 3.86. The van der Waals surface area contributed by atoms with Gasteiger partial charge in [0.05, 0.1) is 12.3 Å². The molecule has 0 radical (unpaired) electrons. The van der Waals surface area contributed by atoms with E-state index in [9.17, 15) is 23.9 Å². The van der Waals surface area contributed by atoms with Crippen molar-refractivity contribution in [2.45, 2.75) is 24.9 Å². The fourth-order valence-corrected chi connectivity index (χ4v) is 1.76. The van der Waals surface area contributed by atoms with E-state index in [4.69, 9.17) is 10.5 Å². The minimum atomic E-state index is -1.27. The Morgan fingerprint density at radius 3 is 2.83 bits per heavy atom. The second-order valence-electron chi connectivity index (χ2n) is 3.86. The number of hydrogen-bond acceptors (Lipinski definition) is 5. The van der Waals surface area contributed by atoms with Crippen LogP contribution in [-0.2, 0) is 9.53 Å². The van der Waals surface area contributed by atoms with Gasteiger partial charge in [-0.25, -0.2) is 4.79 Å². The predicted octanol–water partition coefficient (Wildman–Crippen LogP) is -2.19. The van der Waals surface area contributed by atoms with E-state index in [0.717, 1.165) is 4.57 Å². The lowest BCUT2D eigenvalue weighted by Gasteiger charge is -2.13. The molecule has 1 amide bonds. The van der Waals surface area contributed by atoms with Gasteiger partial charge in [-0.1, -0.05) is 0 Å². The highest BCUT2D eigenvalue weighted by Gasteiger charge is 2.39. The summed E-state index contributed by atoms with van der Waals surface area (Å²) in [5.41, 5.74) is 2.93. The van der Waals surface area contributed by atoms with Crippen molar-refractivity contribution in [1.82, 2.24) is 9.55 Å². The van der Waals surface area contributed by atoms with Crippen LogP contribution >= 0.6 is 0 Å². The summed E-state index contributed by atoms with van der Waals surface area (Å²) in [6, 6.07) is 0. The van der Waals surface area contributed by atoms with Gasteiger partial charge in [0, 0.05) is 6.42 Å². The predicted molar refractivity (Wildman–Crippen MR) is 55.0 cm³/mol. The molecule has 1 saturated heterocycles. The van der Waals surface area contributed by atoms with Crippen molar-refractivity contribution >= 4 is 5.91 Å². The van der Waals surface area contributed by atoms with Crippen LogP contribution in [0.4, 0.5) is 4.39 Å². The summed E-state index contributed by atoms with van der Waals surface area (Å²) in [5.74, 6) is -2.06. The van der Waals surface area contributed by atoms with Crippen molar-refractivity contribution in [1.29, 1.82) is 0 Å². The maximum absolute atomic E-state index is 13.1. The van der Waals surface area contributed by atoms with Gasteiger partial charge in [0.15, 0.2) is 6.10 Å². The number of nitrogens with two attached hydrogens (primary N) is 1. The third-order valence-electron chi connectivity index (χ3n) is 2.61. The molecule has 1 fully saturated rings. The first-order valence-corrected chi connectivity index (χ1v) is 5.04. The highest BCUT2D eigenvalue weighted by Crippen LogP contribution is 2.27. The SMILES string of the molecule is NC(=O)[C@H]1O[C@@H](n2cc(F)c(=O)[nH]c2=O)C[C@@H]1O. The number of aliphatic hydroxyl groups is 1. The number of nitrogens with zero attached hydrogens (tertiary/aromatic N) is 1. The fraction of sp³-hybridized carbons (Fsp3) is 0.444. The van der Waals surface area contributed by atoms with E-state index in [1.807, 2.05) is 0 Å². The number of carbonyl (C=O) groups is 1. The number of ether oxygens (including phenoxy) is 1. The van der Waals surface area contributed by atoms with Gasteiger partial charge in [0.1, 0.15) is 6.23 Å². The fourth-order valence-electron chi connectivity index (χ4n) is 1.76. The second kappa shape index (κ2) is 4.35. The van der Waals surface area contributed by atoms with Gasteiger partial charge in [0.2, 0.25) is 11.7 Å². The van der Waals surface area contributed by atoms with Crippen molar-refractivity contribution in [3.63, 3.8) is 0 Å². The molecule has 2 rings (SSSR count). The van der Waals surface area contributed by atoms with Crippen LogP contribution in [0.2, 0.25) is 0 Å². The average Bonchev–Trinajstić information content (AvgIpc) is 2.65. The maximum Gasteiger partial charge on any atom is 0.330 e. The van der Waals surface area contributed by atoms with Crippen molar-refractivity contribution in [2.24, 2.45) is 5.73 Å². The zero-order chi connectivity index (χ0) is 13.4. The number of aliphatic hydroxyl groups excluding tert-OH is 1. The Balaban J connectivity index is 2.35. The minimum absolute atomic E-state index is 0.112. The van der Waals surface area contributed by atoms with Gasteiger partial charge in [-0.15, -0.1) is 0 Å². The highest BCUT2D eigenvalue weighted by atomic mass is 19.1. The van der Waals surface area contributed by atoms with Crippen molar-refractivity contribution < 1.29 is 19.0 Å². The van der Waals surface area contributed by atoms with E-state index in [0.29, 0.717) is 6.20 Å². The number of H-pyrrole nitrogens is 1. The summed E-state index contributed by atoms with van der Waals surface area (Å²) >= 11 is 0. The molecule has 0 spiro atoms. The standard InChI is InChI=1S/C9H10FN3O5/c10-3-2-13(9(17)12-8(3)16)5-1-4(14)6(18-5)7(11)15/h2,4-6,14H,1H2,(H2,11,15)(H,12,16,17)/t4-,5+,6-/m0/s1. The molecular formula is C9H10FN3O5. The maximum atomic E-state index is 13.1. The Morgan fingerprint density at radius 1 is 1.61 bits per heavy atom. The van der Waals surface area contributed by atoms with Gasteiger partial charge in [-0.3, -0.25) is 19.1 Å². The van der Waals surface area contributed by atoms with E-state index in [-0.39, 0.29) is 6.42 Å². The first-order valence-electron chi connectivity index (χ1n) is 5.04. The quantitative estimate of drug-likeness (QED) is 0.556. The zero-order valence-electron chi connectivity index (χ0n) is 9.00. The van der Waals surface area contributed by atoms with Crippen LogP contribution in [0.5, 0.6) is 0 Å². The molecule has 1 aromatic heterocycles. The zero-order valence-corrected chi connectivity index (χ0v) is 9.00. The minimum Gasteiger partial charge on any atom is -0.390 e. The van der Waals surface area contributed by atoms with Gasteiger partial charge >= 0.3 is 5.69 Å². The number of aromatic nitrogens is 2. The highest BCUT2D eigenvalue weighted by molar-refractivity contribution is 5.79. The van der Waals surface area contributed by atoms with Crippen LogP contribution in [0.15, 0.2) is 15.8 Å². The number of nitrogens with one attached hydrogen (secondary N) is 1. The van der Waals surface area contributed by atoms with Gasteiger partial charge < -0.3 is 15.6 Å². The Bertz CT molecular complexity index is 595. The lowest BCUT2D eigenvalue weighted by Crippen LogP contribution is -2.36. The summed E-state index contributed by atoms with van der Waals surface area (Å²) in [6.45, 7) is 0. The first-order chi connectivity index (χ1) is 8.40. The van der Waals surface area contributed by atoms with Crippen LogP contribution in [0.1, 0.15) is 12.6 Å². The van der Waals surface area contributed by atoms with E-state index >= 15 is 0 Å².